The summed E-state index contributed by atoms with van der Waals surface area (Å²) in [6.45, 7) is 6.05. The minimum Gasteiger partial charge on any atom is -0.389 e. The van der Waals surface area contributed by atoms with E-state index < -0.39 is 6.10 Å². The van der Waals surface area contributed by atoms with E-state index in [1.54, 1.807) is 14.2 Å². The molecule has 0 aliphatic carbocycles. The Labute approximate surface area is 93.2 Å². The van der Waals surface area contributed by atoms with Gasteiger partial charge < -0.3 is 19.5 Å². The van der Waals surface area contributed by atoms with Gasteiger partial charge in [0, 0.05) is 27.3 Å². The van der Waals surface area contributed by atoms with Crippen LogP contribution in [-0.2, 0) is 9.47 Å². The molecule has 4 nitrogen and oxygen atoms in total. The number of hydrogen-bond acceptors (Lipinski definition) is 4. The van der Waals surface area contributed by atoms with Crippen LogP contribution in [-0.4, -0.2) is 62.7 Å². The third-order valence-electron chi connectivity index (χ3n) is 2.53. The Hall–Kier alpha value is -0.160. The first-order valence-electron chi connectivity index (χ1n) is 5.32. The summed E-state index contributed by atoms with van der Waals surface area (Å²) < 4.78 is 10.2. The van der Waals surface area contributed by atoms with E-state index in [2.05, 4.69) is 18.7 Å². The van der Waals surface area contributed by atoms with Crippen LogP contribution in [0.4, 0.5) is 0 Å². The molecule has 0 aliphatic rings. The first-order valence-corrected chi connectivity index (χ1v) is 5.32. The summed E-state index contributed by atoms with van der Waals surface area (Å²) in [5.41, 5.74) is -0.0968. The summed E-state index contributed by atoms with van der Waals surface area (Å²) in [5.74, 6) is 0. The molecule has 0 aromatic rings. The van der Waals surface area contributed by atoms with Gasteiger partial charge in [0.2, 0.25) is 0 Å². The van der Waals surface area contributed by atoms with Gasteiger partial charge in [-0.05, 0) is 27.3 Å². The van der Waals surface area contributed by atoms with Gasteiger partial charge in [-0.3, -0.25) is 0 Å². The zero-order valence-corrected chi connectivity index (χ0v) is 10.6. The molecule has 0 spiro atoms. The number of ether oxygens (including phenoxy) is 2. The van der Waals surface area contributed by atoms with Gasteiger partial charge in [-0.25, -0.2) is 0 Å². The maximum Gasteiger partial charge on any atom is 0.0899 e. The molecule has 0 aromatic heterocycles. The van der Waals surface area contributed by atoms with Crippen molar-refractivity contribution in [2.24, 2.45) is 0 Å². The van der Waals surface area contributed by atoms with E-state index in [4.69, 9.17) is 9.47 Å². The van der Waals surface area contributed by atoms with Crippen molar-refractivity contribution in [2.75, 3.05) is 41.0 Å². The van der Waals surface area contributed by atoms with Crippen LogP contribution in [0, 0.1) is 0 Å². The molecule has 0 saturated carbocycles. The molecule has 1 unspecified atom stereocenters. The highest BCUT2D eigenvalue weighted by molar-refractivity contribution is 4.70. The predicted molar refractivity (Wildman–Crippen MR) is 61.1 cm³/mol. The lowest BCUT2D eigenvalue weighted by molar-refractivity contribution is 0.00147. The van der Waals surface area contributed by atoms with Gasteiger partial charge in [0.1, 0.15) is 0 Å². The minimum absolute atomic E-state index is 0.0968. The topological polar surface area (TPSA) is 41.9 Å². The fourth-order valence-corrected chi connectivity index (χ4v) is 1.26. The molecule has 0 bridgehead atoms. The van der Waals surface area contributed by atoms with Gasteiger partial charge in [-0.2, -0.15) is 0 Å². The average molecular weight is 219 g/mol. The van der Waals surface area contributed by atoms with Crippen molar-refractivity contribution in [3.63, 3.8) is 0 Å². The lowest BCUT2D eigenvalue weighted by Crippen LogP contribution is -2.36. The molecular weight excluding hydrogens is 194 g/mol. The second kappa shape index (κ2) is 7.17. The van der Waals surface area contributed by atoms with Gasteiger partial charge in [0.25, 0.3) is 0 Å². The van der Waals surface area contributed by atoms with Crippen molar-refractivity contribution in [1.29, 1.82) is 0 Å². The van der Waals surface area contributed by atoms with Gasteiger partial charge >= 0.3 is 0 Å². The Balaban J connectivity index is 3.69. The average Bonchev–Trinajstić information content (AvgIpc) is 2.15. The minimum atomic E-state index is -0.411. The van der Waals surface area contributed by atoms with E-state index in [0.29, 0.717) is 13.2 Å². The number of rotatable bonds is 8. The summed E-state index contributed by atoms with van der Waals surface area (Å²) in [4.78, 5) is 2.09. The zero-order valence-electron chi connectivity index (χ0n) is 10.6. The fraction of sp³-hybridized carbons (Fsp3) is 1.00. The second-order valence-electron chi connectivity index (χ2n) is 4.59. The molecule has 0 rings (SSSR count). The third-order valence-corrected chi connectivity index (χ3v) is 2.53. The Morgan fingerprint density at radius 2 is 1.93 bits per heavy atom. The van der Waals surface area contributed by atoms with Crippen molar-refractivity contribution in [2.45, 2.75) is 32.0 Å². The number of hydrogen-bond donors (Lipinski definition) is 1. The van der Waals surface area contributed by atoms with Crippen LogP contribution in [0.15, 0.2) is 0 Å². The summed E-state index contributed by atoms with van der Waals surface area (Å²) in [7, 11) is 5.31. The lowest BCUT2D eigenvalue weighted by atomic mass is 10.1. The molecule has 0 heterocycles. The summed E-state index contributed by atoms with van der Waals surface area (Å²) >= 11 is 0. The number of nitrogens with zero attached hydrogens (tertiary/aromatic N) is 1. The van der Waals surface area contributed by atoms with Crippen LogP contribution in [0.5, 0.6) is 0 Å². The first-order chi connectivity index (χ1) is 6.91. The van der Waals surface area contributed by atoms with E-state index in [0.717, 1.165) is 13.0 Å². The molecule has 4 heteroatoms. The Kier molecular flexibility index (Phi) is 7.09. The van der Waals surface area contributed by atoms with Crippen molar-refractivity contribution in [3.8, 4) is 0 Å². The molecule has 1 atom stereocenters. The summed E-state index contributed by atoms with van der Waals surface area (Å²) in [5, 5.41) is 9.51. The Morgan fingerprint density at radius 1 is 1.33 bits per heavy atom. The van der Waals surface area contributed by atoms with Crippen molar-refractivity contribution in [1.82, 2.24) is 4.90 Å². The number of methoxy groups -OCH3 is 2. The van der Waals surface area contributed by atoms with Gasteiger partial charge in [-0.1, -0.05) is 0 Å². The van der Waals surface area contributed by atoms with Crippen LogP contribution < -0.4 is 0 Å². The van der Waals surface area contributed by atoms with Crippen LogP contribution in [0.3, 0.4) is 0 Å². The van der Waals surface area contributed by atoms with E-state index in [-0.39, 0.29) is 5.60 Å². The maximum absolute atomic E-state index is 9.51. The fourth-order valence-electron chi connectivity index (χ4n) is 1.26. The largest absolute Gasteiger partial charge is 0.389 e. The maximum atomic E-state index is 9.51. The Morgan fingerprint density at radius 3 is 2.40 bits per heavy atom. The van der Waals surface area contributed by atoms with E-state index >= 15 is 0 Å². The molecule has 0 fully saturated rings. The molecular formula is C11H25NO3. The van der Waals surface area contributed by atoms with Gasteiger partial charge in [-0.15, -0.1) is 0 Å². The van der Waals surface area contributed by atoms with Gasteiger partial charge in [0.05, 0.1) is 18.3 Å². The molecule has 0 amide bonds. The number of aliphatic hydroxyl groups excluding tert-OH is 1. The predicted octanol–water partition coefficient (Wildman–Crippen LogP) is 0.741. The Bertz CT molecular complexity index is 162. The molecule has 0 saturated heterocycles. The van der Waals surface area contributed by atoms with Crippen LogP contribution in [0.25, 0.3) is 0 Å². The van der Waals surface area contributed by atoms with Crippen molar-refractivity contribution < 1.29 is 14.6 Å². The molecule has 0 aromatic carbocycles. The first kappa shape index (κ1) is 14.8. The second-order valence-corrected chi connectivity index (χ2v) is 4.59. The van der Waals surface area contributed by atoms with Gasteiger partial charge in [0.15, 0.2) is 0 Å². The monoisotopic (exact) mass is 219 g/mol. The zero-order chi connectivity index (χ0) is 11.9. The summed E-state index contributed by atoms with van der Waals surface area (Å²) in [6.07, 6.45) is 0.533. The molecule has 1 N–H and O–H groups in total. The standard InChI is InChI=1S/C11H25NO3/c1-11(2,15-5)6-7-12(3)8-10(13)9-14-4/h10,13H,6-9H2,1-5H3. The third kappa shape index (κ3) is 7.73. The van der Waals surface area contributed by atoms with Crippen LogP contribution >= 0.6 is 0 Å². The molecule has 0 aliphatic heterocycles. The van der Waals surface area contributed by atoms with Crippen molar-refractivity contribution in [3.05, 3.63) is 0 Å². The number of aliphatic hydroxyl groups is 1. The highest BCUT2D eigenvalue weighted by Crippen LogP contribution is 2.13. The highest BCUT2D eigenvalue weighted by Gasteiger charge is 2.17. The summed E-state index contributed by atoms with van der Waals surface area (Å²) in [6, 6.07) is 0. The SMILES string of the molecule is COCC(O)CN(C)CCC(C)(C)OC. The normalized spacial score (nSPS) is 14.6. The van der Waals surface area contributed by atoms with Crippen molar-refractivity contribution >= 4 is 0 Å². The quantitative estimate of drug-likeness (QED) is 0.654. The molecule has 0 radical (unpaired) electrons. The molecule has 15 heavy (non-hydrogen) atoms. The molecule has 92 valence electrons. The highest BCUT2D eigenvalue weighted by atomic mass is 16.5. The van der Waals surface area contributed by atoms with E-state index in [1.165, 1.54) is 0 Å². The van der Waals surface area contributed by atoms with Crippen LogP contribution in [0.2, 0.25) is 0 Å². The van der Waals surface area contributed by atoms with Crippen LogP contribution in [0.1, 0.15) is 20.3 Å². The van der Waals surface area contributed by atoms with E-state index in [1.807, 2.05) is 7.05 Å². The van der Waals surface area contributed by atoms with E-state index in [9.17, 15) is 5.11 Å². The number of likely N-dealkylation sites (N-methyl/N-ethyl adjacent to an activating group) is 1. The smallest absolute Gasteiger partial charge is 0.0899 e. The lowest BCUT2D eigenvalue weighted by Gasteiger charge is -2.27.